The number of carbonyl (C=O) groups is 2. The van der Waals surface area contributed by atoms with Gasteiger partial charge in [0.25, 0.3) is 5.91 Å². The molecule has 2 saturated carbocycles. The van der Waals surface area contributed by atoms with Gasteiger partial charge in [-0.3, -0.25) is 14.3 Å². The zero-order valence-electron chi connectivity index (χ0n) is 21.0. The van der Waals surface area contributed by atoms with E-state index in [0.717, 1.165) is 49.8 Å². The topological polar surface area (TPSA) is 85.7 Å². The van der Waals surface area contributed by atoms with Crippen LogP contribution in [0.5, 0.6) is 11.5 Å². The first-order chi connectivity index (χ1) is 16.9. The lowest BCUT2D eigenvalue weighted by Gasteiger charge is -2.44. The Hall–Kier alpha value is -3.03. The molecule has 1 atom stereocenters. The van der Waals surface area contributed by atoms with Gasteiger partial charge in [-0.25, -0.2) is 0 Å². The molecule has 8 heteroatoms. The van der Waals surface area contributed by atoms with Crippen molar-refractivity contribution in [3.05, 3.63) is 41.2 Å². The molecule has 2 amide bonds. The summed E-state index contributed by atoms with van der Waals surface area (Å²) in [6.45, 7) is 2.42. The predicted molar refractivity (Wildman–Crippen MR) is 132 cm³/mol. The summed E-state index contributed by atoms with van der Waals surface area (Å²) in [5.74, 6) is 1.30. The number of amides is 2. The number of fused-ring (bicyclic) bond motifs is 1. The number of nitrogens with one attached hydrogen (secondary N) is 1. The molecule has 1 N–H and O–H groups in total. The molecule has 2 aromatic rings. The second kappa shape index (κ2) is 9.55. The largest absolute Gasteiger partial charge is 0.493 e. The van der Waals surface area contributed by atoms with Crippen LogP contribution in [-0.2, 0) is 17.9 Å². The number of para-hydroxylation sites is 1. The van der Waals surface area contributed by atoms with Gasteiger partial charge >= 0.3 is 0 Å². The minimum Gasteiger partial charge on any atom is -0.493 e. The minimum absolute atomic E-state index is 0.117. The van der Waals surface area contributed by atoms with E-state index in [2.05, 4.69) is 5.32 Å². The molecule has 2 aliphatic carbocycles. The lowest BCUT2D eigenvalue weighted by Crippen LogP contribution is -2.64. The Morgan fingerprint density at radius 3 is 2.51 bits per heavy atom. The van der Waals surface area contributed by atoms with E-state index in [4.69, 9.17) is 14.6 Å². The van der Waals surface area contributed by atoms with Crippen LogP contribution in [-0.4, -0.2) is 52.3 Å². The molecule has 2 fully saturated rings. The molecule has 5 rings (SSSR count). The van der Waals surface area contributed by atoms with Gasteiger partial charge in [0.15, 0.2) is 11.5 Å². The Bertz CT molecular complexity index is 1100. The van der Waals surface area contributed by atoms with E-state index < -0.39 is 5.54 Å². The predicted octanol–water partition coefficient (Wildman–Crippen LogP) is 4.03. The van der Waals surface area contributed by atoms with E-state index in [1.54, 1.807) is 23.8 Å². The lowest BCUT2D eigenvalue weighted by atomic mass is 9.93. The van der Waals surface area contributed by atoms with Crippen LogP contribution in [0.15, 0.2) is 24.3 Å². The molecule has 35 heavy (non-hydrogen) atoms. The minimum atomic E-state index is -1.09. The molecule has 1 unspecified atom stereocenters. The van der Waals surface area contributed by atoms with Crippen LogP contribution in [0.1, 0.15) is 86.0 Å². The number of aromatic nitrogens is 2. The molecule has 0 bridgehead atoms. The molecular weight excluding hydrogens is 444 g/mol. The summed E-state index contributed by atoms with van der Waals surface area (Å²) in [6, 6.07) is 7.68. The standard InChI is InChI=1S/C27H36N4O4/c1-27(26(33)28-20-10-6-4-5-7-11-20)17-31-22(15-21(29-31)18-13-14-18)25(32)30(27)16-19-9-8-12-23(34-2)24(19)35-3/h8-9,12,15,18,20H,4-7,10-11,13-14,16-17H2,1-3H3,(H,28,33). The van der Waals surface area contributed by atoms with E-state index in [-0.39, 0.29) is 24.4 Å². The lowest BCUT2D eigenvalue weighted by molar-refractivity contribution is -0.134. The maximum atomic E-state index is 13.9. The van der Waals surface area contributed by atoms with Crippen molar-refractivity contribution < 1.29 is 19.1 Å². The third-order valence-corrected chi connectivity index (χ3v) is 7.80. The van der Waals surface area contributed by atoms with Crippen molar-refractivity contribution >= 4 is 11.8 Å². The summed E-state index contributed by atoms with van der Waals surface area (Å²) in [6.07, 6.45) is 8.86. The van der Waals surface area contributed by atoms with Crippen molar-refractivity contribution in [3.63, 3.8) is 0 Å². The molecule has 2 heterocycles. The van der Waals surface area contributed by atoms with Gasteiger partial charge in [-0.05, 0) is 44.7 Å². The highest BCUT2D eigenvalue weighted by Crippen LogP contribution is 2.41. The Kier molecular flexibility index (Phi) is 6.47. The Morgan fingerprint density at radius 2 is 1.86 bits per heavy atom. The van der Waals surface area contributed by atoms with Gasteiger partial charge in [0.2, 0.25) is 5.91 Å². The van der Waals surface area contributed by atoms with E-state index in [1.807, 2.05) is 31.2 Å². The second-order valence-corrected chi connectivity index (χ2v) is 10.4. The Balaban J connectivity index is 1.50. The van der Waals surface area contributed by atoms with Crippen LogP contribution in [0.3, 0.4) is 0 Å². The fraction of sp³-hybridized carbons (Fsp3) is 0.593. The first kappa shape index (κ1) is 23.7. The molecule has 0 spiro atoms. The van der Waals surface area contributed by atoms with Crippen LogP contribution in [0.2, 0.25) is 0 Å². The normalized spacial score (nSPS) is 22.9. The number of ether oxygens (including phenoxy) is 2. The number of carbonyl (C=O) groups excluding carboxylic acids is 2. The fourth-order valence-corrected chi connectivity index (χ4v) is 5.50. The number of hydrogen-bond donors (Lipinski definition) is 1. The summed E-state index contributed by atoms with van der Waals surface area (Å²) in [4.78, 5) is 29.5. The highest BCUT2D eigenvalue weighted by molar-refractivity contribution is 5.99. The van der Waals surface area contributed by atoms with Crippen molar-refractivity contribution in [2.75, 3.05) is 14.2 Å². The van der Waals surface area contributed by atoms with Crippen LogP contribution in [0, 0.1) is 0 Å². The molecule has 1 aliphatic heterocycles. The number of hydrogen-bond acceptors (Lipinski definition) is 5. The van der Waals surface area contributed by atoms with Gasteiger partial charge in [-0.2, -0.15) is 5.10 Å². The van der Waals surface area contributed by atoms with Crippen molar-refractivity contribution in [2.24, 2.45) is 0 Å². The molecule has 0 radical (unpaired) electrons. The highest BCUT2D eigenvalue weighted by Gasteiger charge is 2.49. The van der Waals surface area contributed by atoms with Crippen molar-refractivity contribution in [1.82, 2.24) is 20.0 Å². The maximum Gasteiger partial charge on any atom is 0.273 e. The monoisotopic (exact) mass is 480 g/mol. The molecule has 1 aromatic carbocycles. The highest BCUT2D eigenvalue weighted by atomic mass is 16.5. The third kappa shape index (κ3) is 4.50. The van der Waals surface area contributed by atoms with Crippen LogP contribution >= 0.6 is 0 Å². The number of rotatable bonds is 7. The van der Waals surface area contributed by atoms with Gasteiger partial charge in [0.1, 0.15) is 11.2 Å². The first-order valence-corrected chi connectivity index (χ1v) is 12.8. The molecule has 8 nitrogen and oxygen atoms in total. The van der Waals surface area contributed by atoms with Crippen molar-refractivity contribution in [3.8, 4) is 11.5 Å². The quantitative estimate of drug-likeness (QED) is 0.605. The molecule has 1 aromatic heterocycles. The van der Waals surface area contributed by atoms with E-state index in [1.165, 1.54) is 12.8 Å². The molecule has 3 aliphatic rings. The smallest absolute Gasteiger partial charge is 0.273 e. The van der Waals surface area contributed by atoms with Crippen LogP contribution in [0.25, 0.3) is 0 Å². The third-order valence-electron chi connectivity index (χ3n) is 7.80. The number of benzene rings is 1. The fourth-order valence-electron chi connectivity index (χ4n) is 5.50. The summed E-state index contributed by atoms with van der Waals surface area (Å²) >= 11 is 0. The van der Waals surface area contributed by atoms with Gasteiger partial charge in [-0.15, -0.1) is 0 Å². The van der Waals surface area contributed by atoms with Gasteiger partial charge < -0.3 is 19.7 Å². The summed E-state index contributed by atoms with van der Waals surface area (Å²) in [5, 5.41) is 8.05. The first-order valence-electron chi connectivity index (χ1n) is 12.8. The molecular formula is C27H36N4O4. The van der Waals surface area contributed by atoms with E-state index in [9.17, 15) is 9.59 Å². The van der Waals surface area contributed by atoms with Crippen LogP contribution < -0.4 is 14.8 Å². The maximum absolute atomic E-state index is 13.9. The zero-order chi connectivity index (χ0) is 24.6. The molecule has 0 saturated heterocycles. The van der Waals surface area contributed by atoms with E-state index >= 15 is 0 Å². The van der Waals surface area contributed by atoms with Crippen molar-refractivity contribution in [2.45, 2.75) is 88.9 Å². The average Bonchev–Trinajstić information content (AvgIpc) is 3.66. The van der Waals surface area contributed by atoms with Gasteiger partial charge in [0, 0.05) is 17.5 Å². The summed E-state index contributed by atoms with van der Waals surface area (Å²) < 4.78 is 12.9. The number of nitrogens with zero attached hydrogens (tertiary/aromatic N) is 3. The molecule has 188 valence electrons. The SMILES string of the molecule is COc1cccc(CN2C(=O)c3cc(C4CC4)nn3CC2(C)C(=O)NC2CCCCCC2)c1OC. The van der Waals surface area contributed by atoms with Gasteiger partial charge in [0.05, 0.1) is 33.0 Å². The second-order valence-electron chi connectivity index (χ2n) is 10.4. The summed E-state index contributed by atoms with van der Waals surface area (Å²) in [5.41, 5.74) is 1.22. The van der Waals surface area contributed by atoms with E-state index in [0.29, 0.717) is 29.7 Å². The summed E-state index contributed by atoms with van der Waals surface area (Å²) in [7, 11) is 3.18. The van der Waals surface area contributed by atoms with Crippen molar-refractivity contribution in [1.29, 1.82) is 0 Å². The Morgan fingerprint density at radius 1 is 1.11 bits per heavy atom. The Labute approximate surface area is 207 Å². The number of methoxy groups -OCH3 is 2. The van der Waals surface area contributed by atoms with Crippen LogP contribution in [0.4, 0.5) is 0 Å². The van der Waals surface area contributed by atoms with Gasteiger partial charge in [-0.1, -0.05) is 37.8 Å². The zero-order valence-corrected chi connectivity index (χ0v) is 21.0. The average molecular weight is 481 g/mol.